The van der Waals surface area contributed by atoms with Gasteiger partial charge >= 0.3 is 0 Å². The second kappa shape index (κ2) is 3.56. The van der Waals surface area contributed by atoms with Crippen molar-refractivity contribution >= 4 is 26.2 Å². The highest BCUT2D eigenvalue weighted by molar-refractivity contribution is 7.89. The predicted molar refractivity (Wildman–Crippen MR) is 55.0 cm³/mol. The van der Waals surface area contributed by atoms with Crippen molar-refractivity contribution in [2.24, 2.45) is 0 Å². The molecule has 0 saturated heterocycles. The molecular formula is C7H9N3O3S2. The van der Waals surface area contributed by atoms with E-state index >= 15 is 0 Å². The minimum atomic E-state index is -3.65. The Morgan fingerprint density at radius 1 is 1.60 bits per heavy atom. The number of hydrogen-bond acceptors (Lipinski definition) is 5. The predicted octanol–water partition coefficient (Wildman–Crippen LogP) is 0.578. The molecule has 82 valence electrons. The van der Waals surface area contributed by atoms with Crippen LogP contribution >= 0.6 is 11.3 Å². The first kappa shape index (κ1) is 10.6. The zero-order chi connectivity index (χ0) is 11.1. The summed E-state index contributed by atoms with van der Waals surface area (Å²) in [6, 6.07) is 0. The molecule has 2 heterocycles. The van der Waals surface area contributed by atoms with Crippen molar-refractivity contribution in [1.82, 2.24) is 13.9 Å². The Balaban J connectivity index is 2.61. The van der Waals surface area contributed by atoms with Crippen LogP contribution in [0.1, 0.15) is 0 Å². The van der Waals surface area contributed by atoms with E-state index in [1.165, 1.54) is 31.8 Å². The number of fused-ring (bicyclic) bond motifs is 1. The summed E-state index contributed by atoms with van der Waals surface area (Å²) in [6.45, 7) is 0. The smallest absolute Gasteiger partial charge is 0.285 e. The quantitative estimate of drug-likeness (QED) is 0.744. The molecule has 0 spiro atoms. The number of nitrogens with zero attached hydrogens (tertiary/aromatic N) is 3. The van der Waals surface area contributed by atoms with Crippen LogP contribution < -0.4 is 0 Å². The molecule has 0 fully saturated rings. The Morgan fingerprint density at radius 3 is 3.00 bits per heavy atom. The summed E-state index contributed by atoms with van der Waals surface area (Å²) >= 11 is 1.31. The molecule has 2 aromatic rings. The largest absolute Gasteiger partial charge is 0.296 e. The lowest BCUT2D eigenvalue weighted by molar-refractivity contribution is -0.0259. The summed E-state index contributed by atoms with van der Waals surface area (Å²) < 4.78 is 26.2. The van der Waals surface area contributed by atoms with Gasteiger partial charge in [-0.25, -0.2) is 13.4 Å². The highest BCUT2D eigenvalue weighted by Gasteiger charge is 2.26. The Hall–Kier alpha value is -0.960. The van der Waals surface area contributed by atoms with Crippen molar-refractivity contribution in [3.8, 4) is 0 Å². The molecule has 8 heteroatoms. The van der Waals surface area contributed by atoms with Crippen LogP contribution in [-0.2, 0) is 14.9 Å². The maximum atomic E-state index is 11.9. The van der Waals surface area contributed by atoms with Gasteiger partial charge in [-0.1, -0.05) is 4.47 Å². The third-order valence-electron chi connectivity index (χ3n) is 1.96. The van der Waals surface area contributed by atoms with Gasteiger partial charge in [0.05, 0.1) is 7.11 Å². The number of sulfonamides is 1. The van der Waals surface area contributed by atoms with Gasteiger partial charge in [0.2, 0.25) is 5.03 Å². The SMILES string of the molecule is CON(C)S(=O)(=O)c1ncn2ccsc12. The number of imidazole rings is 1. The number of hydrogen-bond donors (Lipinski definition) is 0. The number of hydroxylamine groups is 1. The lowest BCUT2D eigenvalue weighted by Gasteiger charge is -2.11. The highest BCUT2D eigenvalue weighted by Crippen LogP contribution is 2.22. The normalized spacial score (nSPS) is 12.7. The fraction of sp³-hybridized carbons (Fsp3) is 0.286. The minimum absolute atomic E-state index is 0.0156. The Labute approximate surface area is 90.7 Å². The van der Waals surface area contributed by atoms with E-state index in [1.54, 1.807) is 16.0 Å². The molecule has 0 aliphatic heterocycles. The average Bonchev–Trinajstić information content (AvgIpc) is 2.76. The molecule has 0 unspecified atom stereocenters. The van der Waals surface area contributed by atoms with E-state index in [9.17, 15) is 8.42 Å². The minimum Gasteiger partial charge on any atom is -0.296 e. The van der Waals surface area contributed by atoms with Gasteiger partial charge in [-0.05, 0) is 0 Å². The Kier molecular flexibility index (Phi) is 2.51. The molecule has 0 aliphatic rings. The first-order chi connectivity index (χ1) is 7.07. The Morgan fingerprint density at radius 2 is 2.33 bits per heavy atom. The van der Waals surface area contributed by atoms with Crippen molar-refractivity contribution in [2.75, 3.05) is 14.2 Å². The second-order valence-electron chi connectivity index (χ2n) is 2.76. The van der Waals surface area contributed by atoms with Crippen LogP contribution in [0, 0.1) is 0 Å². The summed E-state index contributed by atoms with van der Waals surface area (Å²) in [7, 11) is -1.03. The summed E-state index contributed by atoms with van der Waals surface area (Å²) in [5.41, 5.74) is 0. The molecule has 6 nitrogen and oxygen atoms in total. The van der Waals surface area contributed by atoms with Crippen LogP contribution in [0.15, 0.2) is 22.9 Å². The first-order valence-electron chi connectivity index (χ1n) is 4.00. The summed E-state index contributed by atoms with van der Waals surface area (Å²) in [6.07, 6.45) is 3.21. The lowest BCUT2D eigenvalue weighted by Crippen LogP contribution is -2.26. The lowest BCUT2D eigenvalue weighted by atomic mass is 10.9. The van der Waals surface area contributed by atoms with Gasteiger partial charge in [-0.3, -0.25) is 9.24 Å². The standard InChI is InChI=1S/C7H9N3O3S2/c1-9(13-2)15(11,12)6-7-10(5-8-6)3-4-14-7/h3-5H,1-2H3. The van der Waals surface area contributed by atoms with Crippen molar-refractivity contribution in [1.29, 1.82) is 0 Å². The van der Waals surface area contributed by atoms with E-state index in [-0.39, 0.29) is 5.03 Å². The molecule has 0 atom stereocenters. The van der Waals surface area contributed by atoms with Gasteiger partial charge in [0.15, 0.2) is 0 Å². The van der Waals surface area contributed by atoms with Crippen LogP contribution in [-0.4, -0.2) is 36.4 Å². The maximum absolute atomic E-state index is 11.9. The van der Waals surface area contributed by atoms with Gasteiger partial charge in [0.1, 0.15) is 11.2 Å². The third-order valence-corrected chi connectivity index (χ3v) is 4.59. The van der Waals surface area contributed by atoms with Gasteiger partial charge in [0.25, 0.3) is 10.0 Å². The molecular weight excluding hydrogens is 238 g/mol. The average molecular weight is 247 g/mol. The molecule has 0 saturated carbocycles. The molecule has 0 bridgehead atoms. The van der Waals surface area contributed by atoms with E-state index in [1.807, 2.05) is 0 Å². The summed E-state index contributed by atoms with van der Waals surface area (Å²) in [5, 5.41) is 1.81. The highest BCUT2D eigenvalue weighted by atomic mass is 32.2. The van der Waals surface area contributed by atoms with Crippen LogP contribution in [0.4, 0.5) is 0 Å². The molecule has 2 rings (SSSR count). The molecule has 0 N–H and O–H groups in total. The first-order valence-corrected chi connectivity index (χ1v) is 6.32. The number of rotatable bonds is 3. The molecule has 0 amide bonds. The van der Waals surface area contributed by atoms with Crippen LogP contribution in [0.5, 0.6) is 0 Å². The second-order valence-corrected chi connectivity index (χ2v) is 5.51. The van der Waals surface area contributed by atoms with Gasteiger partial charge in [-0.2, -0.15) is 0 Å². The van der Waals surface area contributed by atoms with Crippen molar-refractivity contribution in [3.63, 3.8) is 0 Å². The van der Waals surface area contributed by atoms with E-state index in [2.05, 4.69) is 9.82 Å². The Bertz CT molecular complexity index is 571. The number of aromatic nitrogens is 2. The fourth-order valence-electron chi connectivity index (χ4n) is 1.11. The molecule has 2 aromatic heterocycles. The zero-order valence-electron chi connectivity index (χ0n) is 8.11. The molecule has 15 heavy (non-hydrogen) atoms. The van der Waals surface area contributed by atoms with Crippen molar-refractivity contribution in [2.45, 2.75) is 5.03 Å². The number of thiazole rings is 1. The summed E-state index contributed by atoms with van der Waals surface area (Å²) in [5.74, 6) is 0. The summed E-state index contributed by atoms with van der Waals surface area (Å²) in [4.78, 5) is 9.11. The van der Waals surface area contributed by atoms with E-state index in [4.69, 9.17) is 0 Å². The van der Waals surface area contributed by atoms with Gasteiger partial charge in [-0.15, -0.1) is 11.3 Å². The van der Waals surface area contributed by atoms with Crippen molar-refractivity contribution < 1.29 is 13.3 Å². The van der Waals surface area contributed by atoms with Crippen LogP contribution in [0.3, 0.4) is 0 Å². The molecule has 0 aliphatic carbocycles. The maximum Gasteiger partial charge on any atom is 0.285 e. The van der Waals surface area contributed by atoms with Crippen LogP contribution in [0.25, 0.3) is 4.83 Å². The zero-order valence-corrected chi connectivity index (χ0v) is 9.75. The van der Waals surface area contributed by atoms with Gasteiger partial charge < -0.3 is 0 Å². The van der Waals surface area contributed by atoms with Gasteiger partial charge in [0, 0.05) is 18.6 Å². The fourth-order valence-corrected chi connectivity index (χ4v) is 3.22. The van der Waals surface area contributed by atoms with E-state index in [0.29, 0.717) is 4.83 Å². The van der Waals surface area contributed by atoms with Crippen LogP contribution in [0.2, 0.25) is 0 Å². The molecule has 0 aromatic carbocycles. The van der Waals surface area contributed by atoms with Crippen molar-refractivity contribution in [3.05, 3.63) is 17.9 Å². The topological polar surface area (TPSA) is 63.9 Å². The molecule has 0 radical (unpaired) electrons. The van der Waals surface area contributed by atoms with E-state index in [0.717, 1.165) is 4.47 Å². The van der Waals surface area contributed by atoms with E-state index < -0.39 is 10.0 Å². The monoisotopic (exact) mass is 247 g/mol. The third kappa shape index (κ3) is 1.55.